The fraction of sp³-hybridized carbons (Fsp3) is 0.0769. The number of hydrogen-bond donors (Lipinski definition) is 0. The lowest BCUT2D eigenvalue weighted by atomic mass is 9.67. The van der Waals surface area contributed by atoms with Gasteiger partial charge in [0.15, 0.2) is 0 Å². The first-order valence-corrected chi connectivity index (χ1v) is 21.4. The van der Waals surface area contributed by atoms with E-state index in [2.05, 4.69) is 196 Å². The normalized spacial score (nSPS) is 15.2. The van der Waals surface area contributed by atoms with E-state index in [4.69, 9.17) is 0 Å². The van der Waals surface area contributed by atoms with E-state index in [1.54, 1.807) is 0 Å². The molecule has 8 aromatic rings. The molecule has 0 nitrogen and oxygen atoms in total. The molecule has 0 unspecified atom stereocenters. The van der Waals surface area contributed by atoms with E-state index in [0.29, 0.717) is 0 Å². The maximum atomic E-state index is 2.45. The summed E-state index contributed by atoms with van der Waals surface area (Å²) in [6.45, 7) is 4.83. The molecule has 0 spiro atoms. The van der Waals surface area contributed by atoms with E-state index in [1.807, 2.05) is 35.3 Å². The van der Waals surface area contributed by atoms with Gasteiger partial charge in [0, 0.05) is 40.4 Å². The molecule has 0 aromatic heterocycles. The molecule has 0 fully saturated rings. The highest BCUT2D eigenvalue weighted by molar-refractivity contribution is 8.05. The Balaban J connectivity index is 1.05. The topological polar surface area (TPSA) is 0 Å². The predicted molar refractivity (Wildman–Crippen MR) is 232 cm³/mol. The Hall–Kier alpha value is -5.19. The van der Waals surface area contributed by atoms with Gasteiger partial charge in [-0.25, -0.2) is 0 Å². The van der Waals surface area contributed by atoms with E-state index in [9.17, 15) is 0 Å². The summed E-state index contributed by atoms with van der Waals surface area (Å²) in [4.78, 5) is 8.09. The minimum absolute atomic E-state index is 0.186. The fourth-order valence-electron chi connectivity index (χ4n) is 9.32. The van der Waals surface area contributed by atoms with Crippen LogP contribution in [-0.2, 0) is 10.8 Å². The average Bonchev–Trinajstić information content (AvgIpc) is 3.55. The van der Waals surface area contributed by atoms with Crippen LogP contribution in [0.1, 0.15) is 47.2 Å². The van der Waals surface area contributed by atoms with Crippen LogP contribution in [0.25, 0.3) is 33.4 Å². The molecule has 0 bridgehead atoms. The lowest BCUT2D eigenvalue weighted by molar-refractivity contribution is 0.607. The molecule has 0 amide bonds. The molecule has 0 saturated carbocycles. The third kappa shape index (κ3) is 4.90. The molecule has 2 aliphatic heterocycles. The maximum absolute atomic E-state index is 2.45. The SMILES string of the molecule is CC1(C)c2cccc(-c3ccc(-c4cccc5c4Sc4ccccc4S5)cc3)c2Sc2c1ccc1c2-c2ccccc2C1(c1ccccc1)c1ccccc1. The van der Waals surface area contributed by atoms with Gasteiger partial charge in [-0.05, 0) is 79.4 Å². The average molecular weight is 757 g/mol. The summed E-state index contributed by atoms with van der Waals surface area (Å²) in [5.74, 6) is 0. The molecule has 11 rings (SSSR count). The van der Waals surface area contributed by atoms with Gasteiger partial charge in [-0.1, -0.05) is 213 Å². The van der Waals surface area contributed by atoms with Crippen LogP contribution in [-0.4, -0.2) is 0 Å². The minimum Gasteiger partial charge on any atom is -0.0881 e. The van der Waals surface area contributed by atoms with Gasteiger partial charge in [-0.2, -0.15) is 0 Å². The summed E-state index contributed by atoms with van der Waals surface area (Å²) < 4.78 is 0. The second-order valence-electron chi connectivity index (χ2n) is 15.2. The smallest absolute Gasteiger partial charge is 0.0713 e. The highest BCUT2D eigenvalue weighted by Crippen LogP contribution is 2.63. The van der Waals surface area contributed by atoms with E-state index < -0.39 is 5.41 Å². The Kier molecular flexibility index (Phi) is 7.65. The van der Waals surface area contributed by atoms with Gasteiger partial charge in [0.25, 0.3) is 0 Å². The Labute approximate surface area is 336 Å². The molecular weight excluding hydrogens is 721 g/mol. The monoisotopic (exact) mass is 756 g/mol. The Morgan fingerprint density at radius 2 is 0.818 bits per heavy atom. The third-order valence-corrected chi connectivity index (χ3v) is 15.8. The number of rotatable bonds is 4. The van der Waals surface area contributed by atoms with Gasteiger partial charge in [-0.15, -0.1) is 0 Å². The van der Waals surface area contributed by atoms with Crippen LogP contribution in [0.15, 0.2) is 211 Å². The van der Waals surface area contributed by atoms with Crippen LogP contribution in [0, 0.1) is 0 Å². The van der Waals surface area contributed by atoms with Crippen molar-refractivity contribution in [2.75, 3.05) is 0 Å². The lowest BCUT2D eigenvalue weighted by Gasteiger charge is -2.38. The summed E-state index contributed by atoms with van der Waals surface area (Å²) in [6.07, 6.45) is 0. The molecule has 2 heterocycles. The Morgan fingerprint density at radius 1 is 0.327 bits per heavy atom. The van der Waals surface area contributed by atoms with Crippen LogP contribution in [0.3, 0.4) is 0 Å². The first-order chi connectivity index (χ1) is 27.0. The number of fused-ring (bicyclic) bond motifs is 8. The summed E-state index contributed by atoms with van der Waals surface area (Å²) >= 11 is 5.75. The minimum atomic E-state index is -0.417. The van der Waals surface area contributed by atoms with Gasteiger partial charge in [0.1, 0.15) is 0 Å². The Bertz CT molecular complexity index is 2760. The molecule has 0 N–H and O–H groups in total. The highest BCUT2D eigenvalue weighted by Gasteiger charge is 2.49. The van der Waals surface area contributed by atoms with Gasteiger partial charge >= 0.3 is 0 Å². The molecular formula is C52H36S3. The van der Waals surface area contributed by atoms with Gasteiger partial charge in [-0.3, -0.25) is 0 Å². The molecule has 55 heavy (non-hydrogen) atoms. The zero-order valence-corrected chi connectivity index (χ0v) is 33.0. The predicted octanol–water partition coefficient (Wildman–Crippen LogP) is 14.8. The first kappa shape index (κ1) is 33.2. The van der Waals surface area contributed by atoms with E-state index in [0.717, 1.165) is 0 Å². The second-order valence-corrected chi connectivity index (χ2v) is 18.3. The number of hydrogen-bond acceptors (Lipinski definition) is 3. The van der Waals surface area contributed by atoms with Crippen molar-refractivity contribution < 1.29 is 0 Å². The maximum Gasteiger partial charge on any atom is 0.0713 e. The largest absolute Gasteiger partial charge is 0.0881 e. The van der Waals surface area contributed by atoms with Crippen LogP contribution in [0.4, 0.5) is 0 Å². The van der Waals surface area contributed by atoms with Gasteiger partial charge in [0.2, 0.25) is 0 Å². The van der Waals surface area contributed by atoms with Gasteiger partial charge < -0.3 is 0 Å². The van der Waals surface area contributed by atoms with Crippen LogP contribution in [0.2, 0.25) is 0 Å². The molecule has 8 aromatic carbocycles. The number of benzene rings is 8. The van der Waals surface area contributed by atoms with E-state index in [1.165, 1.54) is 96.1 Å². The van der Waals surface area contributed by atoms with Crippen LogP contribution >= 0.6 is 35.3 Å². The third-order valence-electron chi connectivity index (χ3n) is 11.9. The van der Waals surface area contributed by atoms with Crippen molar-refractivity contribution in [1.82, 2.24) is 0 Å². The van der Waals surface area contributed by atoms with Crippen molar-refractivity contribution in [2.24, 2.45) is 0 Å². The van der Waals surface area contributed by atoms with Gasteiger partial charge in [0.05, 0.1) is 5.41 Å². The molecule has 0 saturated heterocycles. The van der Waals surface area contributed by atoms with E-state index in [-0.39, 0.29) is 5.41 Å². The van der Waals surface area contributed by atoms with Crippen molar-refractivity contribution in [3.63, 3.8) is 0 Å². The van der Waals surface area contributed by atoms with Crippen LogP contribution < -0.4 is 0 Å². The van der Waals surface area contributed by atoms with Crippen molar-refractivity contribution in [1.29, 1.82) is 0 Å². The first-order valence-electron chi connectivity index (χ1n) is 18.9. The Morgan fingerprint density at radius 3 is 1.51 bits per heavy atom. The lowest BCUT2D eigenvalue weighted by Crippen LogP contribution is -2.29. The molecule has 0 atom stereocenters. The zero-order chi connectivity index (χ0) is 36.7. The molecule has 262 valence electrons. The van der Waals surface area contributed by atoms with Crippen molar-refractivity contribution in [3.8, 4) is 33.4 Å². The summed E-state index contributed by atoms with van der Waals surface area (Å²) in [5.41, 5.74) is 15.3. The second kappa shape index (κ2) is 12.7. The van der Waals surface area contributed by atoms with Crippen LogP contribution in [0.5, 0.6) is 0 Å². The molecule has 0 radical (unpaired) electrons. The fourth-order valence-corrected chi connectivity index (χ4v) is 13.4. The molecule has 3 aliphatic rings. The highest BCUT2D eigenvalue weighted by atomic mass is 32.2. The van der Waals surface area contributed by atoms with E-state index >= 15 is 0 Å². The summed E-state index contributed by atoms with van der Waals surface area (Å²) in [6, 6.07) is 68.0. The van der Waals surface area contributed by atoms with Crippen molar-refractivity contribution in [2.45, 2.75) is 54.1 Å². The quantitative estimate of drug-likeness (QED) is 0.176. The summed E-state index contributed by atoms with van der Waals surface area (Å²) in [5, 5.41) is 0. The standard InChI is InChI=1S/C52H36S3/c1-51(2)42-23-13-20-37(33-27-29-34(30-28-33)38-21-14-26-46-49(38)54-45-25-12-11-24-44(45)53-46)48(42)55-50-43(51)32-31-41-47(50)39-19-9-10-22-40(39)52(41,35-15-5-3-6-16-35)36-17-7-4-8-18-36/h3-32H,1-2H3. The molecule has 1 aliphatic carbocycles. The molecule has 3 heteroatoms. The van der Waals surface area contributed by atoms with Crippen molar-refractivity contribution in [3.05, 3.63) is 215 Å². The zero-order valence-electron chi connectivity index (χ0n) is 30.5. The summed E-state index contributed by atoms with van der Waals surface area (Å²) in [7, 11) is 0. The van der Waals surface area contributed by atoms with Crippen molar-refractivity contribution >= 4 is 35.3 Å².